The molecule has 126 valence electrons. The van der Waals surface area contributed by atoms with Gasteiger partial charge in [0.15, 0.2) is 0 Å². The van der Waals surface area contributed by atoms with E-state index in [1.807, 2.05) is 18.2 Å². The fourth-order valence-electron chi connectivity index (χ4n) is 3.25. The van der Waals surface area contributed by atoms with E-state index in [2.05, 4.69) is 40.5 Å². The predicted molar refractivity (Wildman–Crippen MR) is 108 cm³/mol. The monoisotopic (exact) mass is 395 g/mol. The molecule has 0 N–H and O–H groups in total. The zero-order chi connectivity index (χ0) is 17.7. The Morgan fingerprint density at radius 2 is 1.58 bits per heavy atom. The second kappa shape index (κ2) is 6.23. The number of hydrogen-bond donors (Lipinski definition) is 0. The third kappa shape index (κ3) is 2.57. The highest BCUT2D eigenvalue weighted by molar-refractivity contribution is 7.98. The zero-order valence-electron chi connectivity index (χ0n) is 13.4. The number of benzene rings is 3. The van der Waals surface area contributed by atoms with Gasteiger partial charge in [0.25, 0.3) is 0 Å². The minimum atomic E-state index is 0.555. The van der Waals surface area contributed by atoms with Crippen LogP contribution in [0.15, 0.2) is 59.8 Å². The van der Waals surface area contributed by atoms with Crippen LogP contribution in [0.3, 0.4) is 0 Å². The number of aromatic nitrogens is 3. The molecule has 5 rings (SSSR count). The number of fused-ring (bicyclic) bond motifs is 3. The molecule has 0 saturated heterocycles. The van der Waals surface area contributed by atoms with Crippen molar-refractivity contribution >= 4 is 45.7 Å². The molecule has 0 bridgehead atoms. The van der Waals surface area contributed by atoms with Gasteiger partial charge in [-0.1, -0.05) is 77.4 Å². The number of thioether (sulfide) groups is 1. The number of nitrogens with zero attached hydrogens (tertiary/aromatic N) is 3. The summed E-state index contributed by atoms with van der Waals surface area (Å²) < 4.78 is 0. The lowest BCUT2D eigenvalue weighted by Gasteiger charge is -2.04. The largest absolute Gasteiger partial charge is 0.219 e. The van der Waals surface area contributed by atoms with Gasteiger partial charge in [-0.25, -0.2) is 4.98 Å². The Morgan fingerprint density at radius 1 is 0.808 bits per heavy atom. The lowest BCUT2D eigenvalue weighted by atomic mass is 10.0. The van der Waals surface area contributed by atoms with E-state index in [9.17, 15) is 0 Å². The lowest BCUT2D eigenvalue weighted by molar-refractivity contribution is 0.853. The van der Waals surface area contributed by atoms with Crippen LogP contribution in [0.1, 0.15) is 5.56 Å². The van der Waals surface area contributed by atoms with Crippen LogP contribution in [0.2, 0.25) is 10.0 Å². The first kappa shape index (κ1) is 16.1. The van der Waals surface area contributed by atoms with Crippen LogP contribution in [0, 0.1) is 0 Å². The molecule has 3 nitrogen and oxygen atoms in total. The third-order valence-electron chi connectivity index (χ3n) is 4.43. The summed E-state index contributed by atoms with van der Waals surface area (Å²) in [6, 6.07) is 18.1. The first-order valence-electron chi connectivity index (χ1n) is 8.04. The molecule has 6 heteroatoms. The molecule has 0 amide bonds. The molecule has 1 aliphatic carbocycles. The molecule has 1 aliphatic rings. The lowest BCUT2D eigenvalue weighted by Crippen LogP contribution is -1.95. The summed E-state index contributed by atoms with van der Waals surface area (Å²) in [5, 5.41) is 13.0. The fraction of sp³-hybridized carbons (Fsp3) is 0.0500. The van der Waals surface area contributed by atoms with E-state index in [0.29, 0.717) is 21.0 Å². The van der Waals surface area contributed by atoms with Crippen LogP contribution >= 0.6 is 35.0 Å². The Bertz CT molecular complexity index is 1170. The molecule has 0 aliphatic heterocycles. The highest BCUT2D eigenvalue weighted by atomic mass is 35.5. The van der Waals surface area contributed by atoms with E-state index in [0.717, 1.165) is 28.1 Å². The first-order chi connectivity index (χ1) is 12.7. The average Bonchev–Trinajstić information content (AvgIpc) is 2.99. The summed E-state index contributed by atoms with van der Waals surface area (Å²) in [6.45, 7) is 0. The Balaban J connectivity index is 1.49. The number of hydrogen-bond acceptors (Lipinski definition) is 4. The van der Waals surface area contributed by atoms with Gasteiger partial charge in [-0.15, -0.1) is 10.2 Å². The van der Waals surface area contributed by atoms with E-state index in [-0.39, 0.29) is 0 Å². The Labute approximate surface area is 164 Å². The van der Waals surface area contributed by atoms with Gasteiger partial charge >= 0.3 is 0 Å². The van der Waals surface area contributed by atoms with Crippen molar-refractivity contribution in [1.29, 1.82) is 0 Å². The molecule has 0 saturated carbocycles. The normalized spacial score (nSPS) is 11.8. The van der Waals surface area contributed by atoms with E-state index in [1.165, 1.54) is 22.5 Å². The standard InChI is InChI=1S/C20H11Cl2N3S/c21-15-8-7-11(9-16(15)22)10-26-20-23-18-13-5-1-3-12-4-2-6-14(17(12)13)19(18)24-25-20/h1-9H,10H2. The summed E-state index contributed by atoms with van der Waals surface area (Å²) in [6.07, 6.45) is 0. The molecule has 0 fully saturated rings. The SMILES string of the molecule is Clc1ccc(CSc2nnc3c(n2)-c2cccc4cccc-3c24)cc1Cl. The van der Waals surface area contributed by atoms with Crippen molar-refractivity contribution in [1.82, 2.24) is 15.2 Å². The van der Waals surface area contributed by atoms with Crippen LogP contribution < -0.4 is 0 Å². The molecule has 26 heavy (non-hydrogen) atoms. The van der Waals surface area contributed by atoms with E-state index in [1.54, 1.807) is 6.07 Å². The zero-order valence-corrected chi connectivity index (χ0v) is 15.7. The van der Waals surface area contributed by atoms with Crippen molar-refractivity contribution < 1.29 is 0 Å². The third-order valence-corrected chi connectivity index (χ3v) is 6.08. The quantitative estimate of drug-likeness (QED) is 0.337. The van der Waals surface area contributed by atoms with Gasteiger partial charge in [0, 0.05) is 22.3 Å². The second-order valence-electron chi connectivity index (χ2n) is 6.04. The van der Waals surface area contributed by atoms with Gasteiger partial charge in [0.2, 0.25) is 5.16 Å². The van der Waals surface area contributed by atoms with Gasteiger partial charge in [0.05, 0.1) is 10.0 Å². The topological polar surface area (TPSA) is 38.7 Å². The maximum atomic E-state index is 6.08. The number of halogens is 2. The molecular weight excluding hydrogens is 385 g/mol. The van der Waals surface area contributed by atoms with Crippen molar-refractivity contribution in [3.8, 4) is 22.5 Å². The van der Waals surface area contributed by atoms with Crippen LogP contribution in [0.25, 0.3) is 33.3 Å². The van der Waals surface area contributed by atoms with Crippen molar-refractivity contribution in [2.45, 2.75) is 10.9 Å². The van der Waals surface area contributed by atoms with Crippen molar-refractivity contribution in [2.75, 3.05) is 0 Å². The van der Waals surface area contributed by atoms with Crippen LogP contribution in [-0.4, -0.2) is 15.2 Å². The predicted octanol–water partition coefficient (Wildman–Crippen LogP) is 6.27. The summed E-state index contributed by atoms with van der Waals surface area (Å²) in [5.41, 5.74) is 5.06. The number of rotatable bonds is 3. The highest BCUT2D eigenvalue weighted by Crippen LogP contribution is 2.45. The maximum absolute atomic E-state index is 6.08. The van der Waals surface area contributed by atoms with Gasteiger partial charge in [0.1, 0.15) is 11.4 Å². The summed E-state index contributed by atoms with van der Waals surface area (Å²) in [4.78, 5) is 4.78. The van der Waals surface area contributed by atoms with E-state index < -0.39 is 0 Å². The summed E-state index contributed by atoms with van der Waals surface area (Å²) >= 11 is 13.6. The smallest absolute Gasteiger partial charge is 0.210 e. The molecule has 0 atom stereocenters. The van der Waals surface area contributed by atoms with Crippen molar-refractivity contribution in [3.63, 3.8) is 0 Å². The van der Waals surface area contributed by atoms with E-state index in [4.69, 9.17) is 28.2 Å². The highest BCUT2D eigenvalue weighted by Gasteiger charge is 2.24. The molecular formula is C20H11Cl2N3S. The van der Waals surface area contributed by atoms with E-state index >= 15 is 0 Å². The molecule has 0 radical (unpaired) electrons. The summed E-state index contributed by atoms with van der Waals surface area (Å²) in [7, 11) is 0. The fourth-order valence-corrected chi connectivity index (χ4v) is 4.30. The van der Waals surface area contributed by atoms with Crippen molar-refractivity contribution in [2.24, 2.45) is 0 Å². The Kier molecular flexibility index (Phi) is 3.85. The van der Waals surface area contributed by atoms with Crippen LogP contribution in [-0.2, 0) is 5.75 Å². The van der Waals surface area contributed by atoms with Gasteiger partial charge < -0.3 is 0 Å². The molecule has 1 heterocycles. The summed E-state index contributed by atoms with van der Waals surface area (Å²) in [5.74, 6) is 0.703. The molecule has 3 aromatic carbocycles. The Morgan fingerprint density at radius 3 is 2.35 bits per heavy atom. The van der Waals surface area contributed by atoms with Gasteiger partial charge in [-0.3, -0.25) is 0 Å². The first-order valence-corrected chi connectivity index (χ1v) is 9.79. The minimum Gasteiger partial charge on any atom is -0.219 e. The molecule has 4 aromatic rings. The molecule has 0 spiro atoms. The molecule has 1 aromatic heterocycles. The van der Waals surface area contributed by atoms with Crippen LogP contribution in [0.4, 0.5) is 0 Å². The van der Waals surface area contributed by atoms with Gasteiger partial charge in [-0.2, -0.15) is 0 Å². The van der Waals surface area contributed by atoms with Crippen molar-refractivity contribution in [3.05, 3.63) is 70.2 Å². The average molecular weight is 396 g/mol. The Hall–Kier alpha value is -2.14. The second-order valence-corrected chi connectivity index (χ2v) is 7.79. The molecule has 0 unspecified atom stereocenters. The van der Waals surface area contributed by atoms with Gasteiger partial charge in [-0.05, 0) is 23.1 Å². The minimum absolute atomic E-state index is 0.555. The van der Waals surface area contributed by atoms with Crippen LogP contribution in [0.5, 0.6) is 0 Å². The maximum Gasteiger partial charge on any atom is 0.210 e.